The first-order valence-corrected chi connectivity index (χ1v) is 6.21. The molecule has 1 aromatic carbocycles. The maximum Gasteiger partial charge on any atom is 0.253 e. The van der Waals surface area contributed by atoms with Gasteiger partial charge in [0.25, 0.3) is 5.91 Å². The molecule has 2 rings (SSSR count). The first-order valence-electron chi connectivity index (χ1n) is 5.42. The number of benzene rings is 1. The third-order valence-electron chi connectivity index (χ3n) is 2.97. The van der Waals surface area contributed by atoms with Gasteiger partial charge >= 0.3 is 0 Å². The van der Waals surface area contributed by atoms with Crippen LogP contribution in [-0.4, -0.2) is 37.0 Å². The second kappa shape index (κ2) is 6.38. The Labute approximate surface area is 116 Å². The summed E-state index contributed by atoms with van der Waals surface area (Å²) in [5.41, 5.74) is 0.740. The molecule has 1 unspecified atom stereocenters. The summed E-state index contributed by atoms with van der Waals surface area (Å²) in [5.74, 6) is 0.0926. The van der Waals surface area contributed by atoms with E-state index in [-0.39, 0.29) is 18.3 Å². The average Bonchev–Trinajstić information content (AvgIpc) is 2.80. The molecule has 0 saturated carbocycles. The molecule has 1 atom stereocenters. The van der Waals surface area contributed by atoms with E-state index in [0.29, 0.717) is 6.04 Å². The lowest BCUT2D eigenvalue weighted by Gasteiger charge is -2.23. The summed E-state index contributed by atoms with van der Waals surface area (Å²) in [5, 5.41) is 3.27. The van der Waals surface area contributed by atoms with Gasteiger partial charge in [0.15, 0.2) is 0 Å². The molecule has 0 bridgehead atoms. The molecule has 3 nitrogen and oxygen atoms in total. The Hall–Kier alpha value is -0.580. The van der Waals surface area contributed by atoms with Crippen molar-refractivity contribution in [2.24, 2.45) is 0 Å². The fraction of sp³-hybridized carbons (Fsp3) is 0.417. The van der Waals surface area contributed by atoms with Gasteiger partial charge in [0.2, 0.25) is 0 Å². The van der Waals surface area contributed by atoms with Gasteiger partial charge in [-0.3, -0.25) is 4.79 Å². The van der Waals surface area contributed by atoms with Crippen molar-refractivity contribution in [3.8, 4) is 0 Å². The summed E-state index contributed by atoms with van der Waals surface area (Å²) in [7, 11) is 1.88. The van der Waals surface area contributed by atoms with E-state index < -0.39 is 0 Å². The maximum absolute atomic E-state index is 12.2. The summed E-state index contributed by atoms with van der Waals surface area (Å²) in [6.07, 6.45) is 1.04. The van der Waals surface area contributed by atoms with Gasteiger partial charge in [-0.15, -0.1) is 12.4 Å². The molecule has 1 aliphatic rings. The van der Waals surface area contributed by atoms with E-state index in [9.17, 15) is 4.79 Å². The summed E-state index contributed by atoms with van der Waals surface area (Å²) in [4.78, 5) is 14.0. The maximum atomic E-state index is 12.2. The monoisotopic (exact) mass is 318 g/mol. The minimum atomic E-state index is 0. The van der Waals surface area contributed by atoms with E-state index in [0.717, 1.165) is 29.5 Å². The van der Waals surface area contributed by atoms with Crippen LogP contribution in [0.25, 0.3) is 0 Å². The van der Waals surface area contributed by atoms with Crippen molar-refractivity contribution in [3.63, 3.8) is 0 Å². The standard InChI is InChI=1S/C12H15BrN2O.ClH/c1-15(11-5-6-14-8-11)12(16)9-3-2-4-10(13)7-9;/h2-4,7,11,14H,5-6,8H2,1H3;1H. The fourth-order valence-corrected chi connectivity index (χ4v) is 2.36. The SMILES string of the molecule is CN(C(=O)c1cccc(Br)c1)C1CCNC1.Cl. The van der Waals surface area contributed by atoms with Gasteiger partial charge < -0.3 is 10.2 Å². The zero-order valence-electron chi connectivity index (χ0n) is 9.65. The van der Waals surface area contributed by atoms with E-state index in [1.807, 2.05) is 36.2 Å². The second-order valence-electron chi connectivity index (χ2n) is 4.07. The number of halogens is 2. The van der Waals surface area contributed by atoms with Crippen LogP contribution in [0.3, 0.4) is 0 Å². The number of rotatable bonds is 2. The molecule has 1 N–H and O–H groups in total. The zero-order chi connectivity index (χ0) is 11.5. The lowest BCUT2D eigenvalue weighted by molar-refractivity contribution is 0.0743. The second-order valence-corrected chi connectivity index (χ2v) is 4.99. The number of nitrogens with zero attached hydrogens (tertiary/aromatic N) is 1. The smallest absolute Gasteiger partial charge is 0.253 e. The minimum absolute atomic E-state index is 0. The Morgan fingerprint density at radius 2 is 2.29 bits per heavy atom. The highest BCUT2D eigenvalue weighted by atomic mass is 79.9. The molecule has 1 aliphatic heterocycles. The topological polar surface area (TPSA) is 32.3 Å². The van der Waals surface area contributed by atoms with Crippen molar-refractivity contribution in [2.75, 3.05) is 20.1 Å². The van der Waals surface area contributed by atoms with Crippen LogP contribution in [0.15, 0.2) is 28.7 Å². The van der Waals surface area contributed by atoms with Crippen LogP contribution in [-0.2, 0) is 0 Å². The van der Waals surface area contributed by atoms with Crippen LogP contribution in [0.2, 0.25) is 0 Å². The Morgan fingerprint density at radius 1 is 1.53 bits per heavy atom. The third-order valence-corrected chi connectivity index (χ3v) is 3.47. The number of likely N-dealkylation sites (N-methyl/N-ethyl adjacent to an activating group) is 1. The van der Waals surface area contributed by atoms with Crippen LogP contribution in [0.1, 0.15) is 16.8 Å². The first-order chi connectivity index (χ1) is 7.68. The molecule has 1 fully saturated rings. The molecule has 0 spiro atoms. The minimum Gasteiger partial charge on any atom is -0.337 e. The third kappa shape index (κ3) is 3.44. The van der Waals surface area contributed by atoms with E-state index >= 15 is 0 Å². The Kier molecular flexibility index (Phi) is 5.43. The summed E-state index contributed by atoms with van der Waals surface area (Å²) in [6.45, 7) is 1.90. The van der Waals surface area contributed by atoms with E-state index in [1.54, 1.807) is 0 Å². The van der Waals surface area contributed by atoms with Crippen LogP contribution < -0.4 is 5.32 Å². The van der Waals surface area contributed by atoms with Gasteiger partial charge in [0.1, 0.15) is 0 Å². The van der Waals surface area contributed by atoms with Gasteiger partial charge in [-0.25, -0.2) is 0 Å². The number of hydrogen-bond acceptors (Lipinski definition) is 2. The van der Waals surface area contributed by atoms with Crippen molar-refractivity contribution in [3.05, 3.63) is 34.3 Å². The molecule has 1 saturated heterocycles. The number of carbonyl (C=O) groups excluding carboxylic acids is 1. The van der Waals surface area contributed by atoms with Gasteiger partial charge in [-0.2, -0.15) is 0 Å². The summed E-state index contributed by atoms with van der Waals surface area (Å²) < 4.78 is 0.941. The number of hydrogen-bond donors (Lipinski definition) is 1. The van der Waals surface area contributed by atoms with E-state index in [4.69, 9.17) is 0 Å². The predicted molar refractivity (Wildman–Crippen MR) is 74.8 cm³/mol. The number of carbonyl (C=O) groups is 1. The molecular formula is C12H16BrClN2O. The van der Waals surface area contributed by atoms with Crippen molar-refractivity contribution in [1.82, 2.24) is 10.2 Å². The highest BCUT2D eigenvalue weighted by molar-refractivity contribution is 9.10. The molecule has 1 amide bonds. The lowest BCUT2D eigenvalue weighted by atomic mass is 10.1. The first kappa shape index (κ1) is 14.5. The van der Waals surface area contributed by atoms with Crippen molar-refractivity contribution < 1.29 is 4.79 Å². The van der Waals surface area contributed by atoms with Gasteiger partial charge in [-0.05, 0) is 31.2 Å². The number of amides is 1. The molecule has 94 valence electrons. The van der Waals surface area contributed by atoms with Crippen LogP contribution >= 0.6 is 28.3 Å². The largest absolute Gasteiger partial charge is 0.337 e. The van der Waals surface area contributed by atoms with Crippen LogP contribution in [0.5, 0.6) is 0 Å². The molecule has 1 aromatic rings. The van der Waals surface area contributed by atoms with Crippen molar-refractivity contribution in [2.45, 2.75) is 12.5 Å². The molecule has 0 radical (unpaired) electrons. The summed E-state index contributed by atoms with van der Waals surface area (Å²) >= 11 is 3.38. The van der Waals surface area contributed by atoms with Crippen LogP contribution in [0, 0.1) is 0 Å². The summed E-state index contributed by atoms with van der Waals surface area (Å²) in [6, 6.07) is 7.85. The van der Waals surface area contributed by atoms with Crippen molar-refractivity contribution >= 4 is 34.2 Å². The molecule has 0 aromatic heterocycles. The lowest BCUT2D eigenvalue weighted by Crippen LogP contribution is -2.38. The van der Waals surface area contributed by atoms with Crippen molar-refractivity contribution in [1.29, 1.82) is 0 Å². The quantitative estimate of drug-likeness (QED) is 0.907. The molecule has 1 heterocycles. The average molecular weight is 320 g/mol. The molecule has 0 aliphatic carbocycles. The Morgan fingerprint density at radius 3 is 2.88 bits per heavy atom. The van der Waals surface area contributed by atoms with E-state index in [1.165, 1.54) is 0 Å². The predicted octanol–water partition coefficient (Wildman–Crippen LogP) is 2.30. The molecule has 5 heteroatoms. The number of nitrogens with one attached hydrogen (secondary N) is 1. The highest BCUT2D eigenvalue weighted by Gasteiger charge is 2.23. The fourth-order valence-electron chi connectivity index (χ4n) is 1.96. The van der Waals surface area contributed by atoms with E-state index in [2.05, 4.69) is 21.2 Å². The normalized spacial score (nSPS) is 18.6. The van der Waals surface area contributed by atoms with Gasteiger partial charge in [-0.1, -0.05) is 22.0 Å². The molecular weight excluding hydrogens is 304 g/mol. The Bertz CT molecular complexity index is 394. The highest BCUT2D eigenvalue weighted by Crippen LogP contribution is 2.15. The van der Waals surface area contributed by atoms with Gasteiger partial charge in [0.05, 0.1) is 0 Å². The molecule has 17 heavy (non-hydrogen) atoms. The van der Waals surface area contributed by atoms with Crippen LogP contribution in [0.4, 0.5) is 0 Å². The Balaban J connectivity index is 0.00000144. The van der Waals surface area contributed by atoms with Gasteiger partial charge in [0, 0.05) is 29.7 Å². The zero-order valence-corrected chi connectivity index (χ0v) is 12.1.